The predicted molar refractivity (Wildman–Crippen MR) is 129 cm³/mol. The molecule has 1 fully saturated rings. The van der Waals surface area contributed by atoms with Gasteiger partial charge in [0.25, 0.3) is 6.29 Å². The molecule has 1 unspecified atom stereocenters. The Kier molecular flexibility index (Phi) is 8.91. The van der Waals surface area contributed by atoms with Gasteiger partial charge in [0.1, 0.15) is 5.75 Å². The van der Waals surface area contributed by atoms with Crippen LogP contribution in [-0.2, 0) is 25.5 Å². The standard InChI is InChI=1S/C27H35NO6/c1-18(2)25(30)33-26(22-9-6-5-7-10-22)34-27(31)28(19(3)29)16-15-21-12-8-11-20-13-14-23(32-4)17-24(20)21/h8,11-14,17-18,22,26H,5-7,9-10,15-16H2,1-4H3. The third-order valence-electron chi connectivity index (χ3n) is 6.34. The SMILES string of the molecule is COc1ccc2cccc(CCN(C(C)=O)C(=O)OC(OC(=O)C(C)C)C3CCCCC3)c2c1. The number of fused-ring (bicyclic) bond motifs is 1. The van der Waals surface area contributed by atoms with E-state index in [2.05, 4.69) is 0 Å². The summed E-state index contributed by atoms with van der Waals surface area (Å²) in [5, 5.41) is 2.05. The molecule has 184 valence electrons. The van der Waals surface area contributed by atoms with Crippen LogP contribution in [0.5, 0.6) is 5.75 Å². The van der Waals surface area contributed by atoms with Crippen molar-refractivity contribution in [2.45, 2.75) is 65.6 Å². The van der Waals surface area contributed by atoms with E-state index < -0.39 is 24.3 Å². The van der Waals surface area contributed by atoms with Gasteiger partial charge in [-0.25, -0.2) is 9.69 Å². The van der Waals surface area contributed by atoms with E-state index in [0.29, 0.717) is 6.42 Å². The second-order valence-electron chi connectivity index (χ2n) is 9.17. The monoisotopic (exact) mass is 469 g/mol. The Morgan fingerprint density at radius 2 is 1.76 bits per heavy atom. The van der Waals surface area contributed by atoms with Gasteiger partial charge in [0.05, 0.1) is 13.0 Å². The molecule has 2 aromatic carbocycles. The van der Waals surface area contributed by atoms with Crippen LogP contribution in [0.2, 0.25) is 0 Å². The average molecular weight is 470 g/mol. The summed E-state index contributed by atoms with van der Waals surface area (Å²) >= 11 is 0. The summed E-state index contributed by atoms with van der Waals surface area (Å²) in [4.78, 5) is 38.7. The number of amides is 2. The zero-order valence-corrected chi connectivity index (χ0v) is 20.5. The van der Waals surface area contributed by atoms with E-state index >= 15 is 0 Å². The quantitative estimate of drug-likeness (QED) is 0.376. The van der Waals surface area contributed by atoms with E-state index in [-0.39, 0.29) is 18.4 Å². The molecule has 0 N–H and O–H groups in total. The van der Waals surface area contributed by atoms with Crippen LogP contribution in [0.1, 0.15) is 58.4 Å². The number of benzene rings is 2. The highest BCUT2D eigenvalue weighted by atomic mass is 16.7. The number of hydrogen-bond acceptors (Lipinski definition) is 6. The Morgan fingerprint density at radius 3 is 2.41 bits per heavy atom. The smallest absolute Gasteiger partial charge is 0.419 e. The molecule has 1 atom stereocenters. The van der Waals surface area contributed by atoms with Gasteiger partial charge in [-0.15, -0.1) is 0 Å². The molecular weight excluding hydrogens is 434 g/mol. The highest BCUT2D eigenvalue weighted by molar-refractivity contribution is 5.91. The van der Waals surface area contributed by atoms with E-state index in [9.17, 15) is 14.4 Å². The van der Waals surface area contributed by atoms with E-state index in [1.165, 1.54) is 6.92 Å². The van der Waals surface area contributed by atoms with Crippen LogP contribution in [0.25, 0.3) is 10.8 Å². The molecule has 1 aliphatic rings. The minimum absolute atomic E-state index is 0.0558. The number of methoxy groups -OCH3 is 1. The maximum absolute atomic E-state index is 13.0. The summed E-state index contributed by atoms with van der Waals surface area (Å²) in [6.07, 6.45) is 3.45. The molecule has 0 saturated heterocycles. The molecule has 1 aliphatic carbocycles. The molecule has 0 radical (unpaired) electrons. The Hall–Kier alpha value is -3.09. The molecule has 3 rings (SSSR count). The van der Waals surface area contributed by atoms with Gasteiger partial charge in [0, 0.05) is 19.4 Å². The van der Waals surface area contributed by atoms with Crippen LogP contribution in [0, 0.1) is 11.8 Å². The normalized spacial score (nSPS) is 15.1. The summed E-state index contributed by atoms with van der Waals surface area (Å²) in [5.41, 5.74) is 0.991. The lowest BCUT2D eigenvalue weighted by Crippen LogP contribution is -2.42. The lowest BCUT2D eigenvalue weighted by atomic mass is 9.89. The number of esters is 1. The van der Waals surface area contributed by atoms with Gasteiger partial charge >= 0.3 is 12.1 Å². The topological polar surface area (TPSA) is 82.1 Å². The van der Waals surface area contributed by atoms with Crippen LogP contribution in [0.3, 0.4) is 0 Å². The zero-order chi connectivity index (χ0) is 24.7. The summed E-state index contributed by atoms with van der Waals surface area (Å²) in [5.74, 6) is -0.482. The van der Waals surface area contributed by atoms with Gasteiger partial charge < -0.3 is 14.2 Å². The first-order chi connectivity index (χ1) is 16.3. The summed E-state index contributed by atoms with van der Waals surface area (Å²) in [6, 6.07) is 11.8. The van der Waals surface area contributed by atoms with Crippen LogP contribution >= 0.6 is 0 Å². The van der Waals surface area contributed by atoms with Gasteiger partial charge in [-0.3, -0.25) is 9.59 Å². The third kappa shape index (κ3) is 6.49. The van der Waals surface area contributed by atoms with E-state index in [0.717, 1.165) is 59.1 Å². The zero-order valence-electron chi connectivity index (χ0n) is 20.5. The van der Waals surface area contributed by atoms with Gasteiger partial charge in [0.15, 0.2) is 0 Å². The van der Waals surface area contributed by atoms with Crippen molar-refractivity contribution in [3.8, 4) is 5.75 Å². The van der Waals surface area contributed by atoms with Crippen LogP contribution in [0.4, 0.5) is 4.79 Å². The minimum Gasteiger partial charge on any atom is -0.497 e. The Labute approximate surface area is 201 Å². The maximum atomic E-state index is 13.0. The molecule has 7 heteroatoms. The van der Waals surface area contributed by atoms with Crippen LogP contribution < -0.4 is 4.74 Å². The molecule has 0 aromatic heterocycles. The number of ether oxygens (including phenoxy) is 3. The molecule has 1 saturated carbocycles. The number of rotatable bonds is 8. The Bertz CT molecular complexity index is 1010. The Balaban J connectivity index is 1.74. The summed E-state index contributed by atoms with van der Waals surface area (Å²) < 4.78 is 16.6. The summed E-state index contributed by atoms with van der Waals surface area (Å²) in [6.45, 7) is 4.97. The molecule has 0 aliphatic heterocycles. The molecule has 0 heterocycles. The molecule has 0 bridgehead atoms. The predicted octanol–water partition coefficient (Wildman–Crippen LogP) is 5.48. The number of hydrogen-bond donors (Lipinski definition) is 0. The first kappa shape index (κ1) is 25.5. The van der Waals surface area contributed by atoms with Crippen molar-refractivity contribution in [2.24, 2.45) is 11.8 Å². The lowest BCUT2D eigenvalue weighted by Gasteiger charge is -2.31. The molecular formula is C27H35NO6. The fourth-order valence-electron chi connectivity index (χ4n) is 4.31. The lowest BCUT2D eigenvalue weighted by molar-refractivity contribution is -0.184. The molecule has 0 spiro atoms. The van der Waals surface area contributed by atoms with E-state index in [1.54, 1.807) is 21.0 Å². The molecule has 7 nitrogen and oxygen atoms in total. The number of nitrogens with zero attached hydrogens (tertiary/aromatic N) is 1. The average Bonchev–Trinajstić information content (AvgIpc) is 2.83. The minimum atomic E-state index is -0.980. The van der Waals surface area contributed by atoms with Gasteiger partial charge in [-0.1, -0.05) is 57.4 Å². The summed E-state index contributed by atoms with van der Waals surface area (Å²) in [7, 11) is 1.62. The second kappa shape index (κ2) is 11.9. The number of imide groups is 1. The van der Waals surface area contributed by atoms with Gasteiger partial charge in [-0.2, -0.15) is 0 Å². The maximum Gasteiger partial charge on any atom is 0.419 e. The van der Waals surface area contributed by atoms with E-state index in [4.69, 9.17) is 14.2 Å². The Morgan fingerprint density at radius 1 is 1.03 bits per heavy atom. The first-order valence-electron chi connectivity index (χ1n) is 12.0. The van der Waals surface area contributed by atoms with Gasteiger partial charge in [0.2, 0.25) is 5.91 Å². The van der Waals surface area contributed by atoms with Gasteiger partial charge in [-0.05, 0) is 47.7 Å². The molecule has 2 aromatic rings. The molecule has 34 heavy (non-hydrogen) atoms. The first-order valence-corrected chi connectivity index (χ1v) is 12.0. The number of carbonyl (C=O) groups excluding carboxylic acids is 3. The van der Waals surface area contributed by atoms with E-state index in [1.807, 2.05) is 36.4 Å². The fourth-order valence-corrected chi connectivity index (χ4v) is 4.31. The van der Waals surface area contributed by atoms with Crippen LogP contribution in [0.15, 0.2) is 36.4 Å². The van der Waals surface area contributed by atoms with Crippen molar-refractivity contribution in [1.29, 1.82) is 0 Å². The highest BCUT2D eigenvalue weighted by Gasteiger charge is 2.33. The third-order valence-corrected chi connectivity index (χ3v) is 6.34. The highest BCUT2D eigenvalue weighted by Crippen LogP contribution is 2.30. The van der Waals surface area contributed by atoms with Crippen molar-refractivity contribution in [3.05, 3.63) is 42.0 Å². The second-order valence-corrected chi connectivity index (χ2v) is 9.17. The van der Waals surface area contributed by atoms with Crippen molar-refractivity contribution in [3.63, 3.8) is 0 Å². The van der Waals surface area contributed by atoms with Crippen molar-refractivity contribution in [2.75, 3.05) is 13.7 Å². The fraction of sp³-hybridized carbons (Fsp3) is 0.519. The van der Waals surface area contributed by atoms with Crippen molar-refractivity contribution in [1.82, 2.24) is 4.90 Å². The number of carbonyl (C=O) groups is 3. The largest absolute Gasteiger partial charge is 0.497 e. The molecule has 2 amide bonds. The van der Waals surface area contributed by atoms with Crippen molar-refractivity contribution < 1.29 is 28.6 Å². The van der Waals surface area contributed by atoms with Crippen LogP contribution in [-0.4, -0.2) is 42.8 Å². The van der Waals surface area contributed by atoms with Crippen molar-refractivity contribution >= 4 is 28.7 Å².